The lowest BCUT2D eigenvalue weighted by atomic mass is 9.96. The number of esters is 1. The summed E-state index contributed by atoms with van der Waals surface area (Å²) < 4.78 is 24.1. The molecule has 0 heterocycles. The van der Waals surface area contributed by atoms with E-state index in [9.17, 15) is 4.79 Å². The van der Waals surface area contributed by atoms with Gasteiger partial charge in [-0.15, -0.1) is 0 Å². The smallest absolute Gasteiger partial charge is 0.338 e. The normalized spacial score (nSPS) is 10.8. The third-order valence-corrected chi connectivity index (χ3v) is 6.62. The van der Waals surface area contributed by atoms with Crippen LogP contribution in [0.25, 0.3) is 11.1 Å². The molecule has 39 heavy (non-hydrogen) atoms. The summed E-state index contributed by atoms with van der Waals surface area (Å²) in [7, 11) is 0. The molecule has 6 heteroatoms. The minimum atomic E-state index is -0.415. The molecular formula is C33H33BrO5. The van der Waals surface area contributed by atoms with E-state index >= 15 is 0 Å². The molecule has 0 aliphatic carbocycles. The maximum Gasteiger partial charge on any atom is 0.338 e. The van der Waals surface area contributed by atoms with Crippen molar-refractivity contribution in [3.05, 3.63) is 124 Å². The van der Waals surface area contributed by atoms with Crippen molar-refractivity contribution in [1.82, 2.24) is 0 Å². The largest absolute Gasteiger partial charge is 0.491 e. The average Bonchev–Trinajstić information content (AvgIpc) is 2.97. The van der Waals surface area contributed by atoms with Gasteiger partial charge in [-0.05, 0) is 59.0 Å². The van der Waals surface area contributed by atoms with Crippen molar-refractivity contribution in [1.29, 1.82) is 0 Å². The molecule has 5 nitrogen and oxygen atoms in total. The van der Waals surface area contributed by atoms with Crippen molar-refractivity contribution >= 4 is 21.9 Å². The summed E-state index contributed by atoms with van der Waals surface area (Å²) in [5, 5.41) is 0. The van der Waals surface area contributed by atoms with Gasteiger partial charge in [0.1, 0.15) is 19.0 Å². The van der Waals surface area contributed by atoms with E-state index in [0.717, 1.165) is 33.1 Å². The summed E-state index contributed by atoms with van der Waals surface area (Å²) in [6.07, 6.45) is 0.862. The molecule has 4 rings (SSSR count). The number of hydrogen-bond donors (Lipinski definition) is 0. The molecule has 0 fully saturated rings. The monoisotopic (exact) mass is 588 g/mol. The zero-order valence-electron chi connectivity index (χ0n) is 22.1. The first-order valence-electron chi connectivity index (χ1n) is 13.1. The number of halogens is 1. The first-order chi connectivity index (χ1) is 19.1. The minimum Gasteiger partial charge on any atom is -0.491 e. The Balaban J connectivity index is 1.39. The van der Waals surface area contributed by atoms with Gasteiger partial charge < -0.3 is 18.9 Å². The Morgan fingerprint density at radius 3 is 1.95 bits per heavy atom. The molecule has 0 N–H and O–H groups in total. The molecule has 0 atom stereocenters. The van der Waals surface area contributed by atoms with Crippen molar-refractivity contribution in [3.63, 3.8) is 0 Å². The van der Waals surface area contributed by atoms with E-state index < -0.39 is 5.97 Å². The number of hydrogen-bond acceptors (Lipinski definition) is 5. The van der Waals surface area contributed by atoms with Crippen molar-refractivity contribution in [2.45, 2.75) is 26.6 Å². The van der Waals surface area contributed by atoms with Gasteiger partial charge in [-0.2, -0.15) is 0 Å². The molecule has 0 aromatic heterocycles. The quantitative estimate of drug-likeness (QED) is 0.112. The van der Waals surface area contributed by atoms with Crippen LogP contribution >= 0.6 is 15.9 Å². The summed E-state index contributed by atoms with van der Waals surface area (Å²) in [6.45, 7) is 4.37. The van der Waals surface area contributed by atoms with Crippen LogP contribution in [-0.2, 0) is 33.8 Å². The summed E-state index contributed by atoms with van der Waals surface area (Å²) in [5.74, 6) is 0.201. The predicted molar refractivity (Wildman–Crippen MR) is 157 cm³/mol. The summed E-state index contributed by atoms with van der Waals surface area (Å²) >= 11 is 3.57. The van der Waals surface area contributed by atoms with Gasteiger partial charge in [0, 0.05) is 10.0 Å². The number of rotatable bonds is 14. The Bertz CT molecular complexity index is 1320. The highest BCUT2D eigenvalue weighted by Gasteiger charge is 2.16. The maximum atomic E-state index is 12.8. The number of benzene rings is 4. The third kappa shape index (κ3) is 8.79. The lowest BCUT2D eigenvalue weighted by Crippen LogP contribution is -2.12. The Kier molecular flexibility index (Phi) is 11.1. The minimum absolute atomic E-state index is 0.170. The molecule has 202 valence electrons. The second kappa shape index (κ2) is 15.2. The number of carbonyl (C=O) groups excluding carboxylic acids is 1. The van der Waals surface area contributed by atoms with Crippen LogP contribution in [0.2, 0.25) is 0 Å². The van der Waals surface area contributed by atoms with Crippen LogP contribution in [0.3, 0.4) is 0 Å². The molecule has 0 bridgehead atoms. The van der Waals surface area contributed by atoms with Gasteiger partial charge in [-0.25, -0.2) is 4.79 Å². The van der Waals surface area contributed by atoms with Crippen LogP contribution in [0.1, 0.15) is 34.0 Å². The van der Waals surface area contributed by atoms with Crippen LogP contribution in [-0.4, -0.2) is 32.4 Å². The van der Waals surface area contributed by atoms with E-state index in [1.165, 1.54) is 5.56 Å². The number of aryl methyl sites for hydroxylation is 1. The lowest BCUT2D eigenvalue weighted by Gasteiger charge is -2.16. The number of ether oxygens (including phenoxy) is 4. The fourth-order valence-corrected chi connectivity index (χ4v) is 4.53. The van der Waals surface area contributed by atoms with Crippen LogP contribution in [0, 0.1) is 0 Å². The molecule has 0 aliphatic heterocycles. The summed E-state index contributed by atoms with van der Waals surface area (Å²) in [4.78, 5) is 12.8. The van der Waals surface area contributed by atoms with E-state index in [-0.39, 0.29) is 6.61 Å². The molecule has 0 saturated heterocycles. The molecule has 0 saturated carbocycles. The molecule has 0 amide bonds. The van der Waals surface area contributed by atoms with Gasteiger partial charge in [0.2, 0.25) is 0 Å². The van der Waals surface area contributed by atoms with Crippen LogP contribution < -0.4 is 4.74 Å². The van der Waals surface area contributed by atoms with Crippen LogP contribution in [0.5, 0.6) is 5.75 Å². The van der Waals surface area contributed by atoms with Gasteiger partial charge in [0.25, 0.3) is 0 Å². The first kappa shape index (κ1) is 28.6. The standard InChI is InChI=1S/C33H33BrO5/c1-2-27-21-29(34)14-16-30(27)31-15-13-28(33(35)39-20-18-37-24-26-11-7-4-8-12-26)22-32(31)38-19-17-36-23-25-9-5-3-6-10-25/h3-16,21-22H,2,17-20,23-24H2,1H3. The molecule has 0 unspecified atom stereocenters. The van der Waals surface area contributed by atoms with Crippen molar-refractivity contribution in [2.24, 2.45) is 0 Å². The Labute approximate surface area is 238 Å². The highest BCUT2D eigenvalue weighted by atomic mass is 79.9. The lowest BCUT2D eigenvalue weighted by molar-refractivity contribution is 0.0288. The first-order valence-corrected chi connectivity index (χ1v) is 13.9. The molecule has 4 aromatic carbocycles. The SMILES string of the molecule is CCc1cc(Br)ccc1-c1ccc(C(=O)OCCOCc2ccccc2)cc1OCCOCc1ccccc1. The van der Waals surface area contributed by atoms with E-state index in [4.69, 9.17) is 18.9 Å². The molecule has 0 spiro atoms. The van der Waals surface area contributed by atoms with Gasteiger partial charge in [0.05, 0.1) is 32.0 Å². The highest BCUT2D eigenvalue weighted by molar-refractivity contribution is 9.10. The highest BCUT2D eigenvalue weighted by Crippen LogP contribution is 2.35. The van der Waals surface area contributed by atoms with Crippen LogP contribution in [0.15, 0.2) is 102 Å². The average molecular weight is 590 g/mol. The molecular weight excluding hydrogens is 556 g/mol. The maximum absolute atomic E-state index is 12.8. The summed E-state index contributed by atoms with van der Waals surface area (Å²) in [5.41, 5.74) is 5.78. The fourth-order valence-electron chi connectivity index (χ4n) is 4.12. The second-order valence-electron chi connectivity index (χ2n) is 8.93. The number of carbonyl (C=O) groups is 1. The van der Waals surface area contributed by atoms with Gasteiger partial charge in [-0.3, -0.25) is 0 Å². The Morgan fingerprint density at radius 1 is 0.692 bits per heavy atom. The molecule has 4 aromatic rings. The summed E-state index contributed by atoms with van der Waals surface area (Å²) in [6, 6.07) is 31.6. The van der Waals surface area contributed by atoms with Gasteiger partial charge in [-0.1, -0.05) is 89.6 Å². The van der Waals surface area contributed by atoms with Crippen molar-refractivity contribution in [3.8, 4) is 16.9 Å². The van der Waals surface area contributed by atoms with Gasteiger partial charge >= 0.3 is 5.97 Å². The topological polar surface area (TPSA) is 54.0 Å². The molecule has 0 radical (unpaired) electrons. The van der Waals surface area contributed by atoms with E-state index in [1.54, 1.807) is 12.1 Å². The van der Waals surface area contributed by atoms with Crippen LogP contribution in [0.4, 0.5) is 0 Å². The van der Waals surface area contributed by atoms with E-state index in [0.29, 0.717) is 44.3 Å². The van der Waals surface area contributed by atoms with Crippen molar-refractivity contribution in [2.75, 3.05) is 26.4 Å². The fraction of sp³-hybridized carbons (Fsp3) is 0.242. The van der Waals surface area contributed by atoms with E-state index in [2.05, 4.69) is 35.0 Å². The molecule has 0 aliphatic rings. The van der Waals surface area contributed by atoms with Gasteiger partial charge in [0.15, 0.2) is 0 Å². The Hall–Kier alpha value is -3.45. The predicted octanol–water partition coefficient (Wildman–Crippen LogP) is 7.65. The van der Waals surface area contributed by atoms with Crippen molar-refractivity contribution < 1.29 is 23.7 Å². The van der Waals surface area contributed by atoms with E-state index in [1.807, 2.05) is 72.8 Å². The second-order valence-corrected chi connectivity index (χ2v) is 9.84. The zero-order chi connectivity index (χ0) is 27.3. The third-order valence-electron chi connectivity index (χ3n) is 6.12. The Morgan fingerprint density at radius 2 is 1.31 bits per heavy atom. The zero-order valence-corrected chi connectivity index (χ0v) is 23.7.